The summed E-state index contributed by atoms with van der Waals surface area (Å²) in [7, 11) is -3.73. The molecule has 1 amide bonds. The lowest BCUT2D eigenvalue weighted by Crippen LogP contribution is -2.42. The molecule has 2 aromatic carbocycles. The predicted octanol–water partition coefficient (Wildman–Crippen LogP) is 4.66. The maximum absolute atomic E-state index is 12.7. The average molecular weight is 443 g/mol. The third-order valence-electron chi connectivity index (χ3n) is 4.11. The fourth-order valence-electron chi connectivity index (χ4n) is 2.87. The average Bonchev–Trinajstić information content (AvgIpc) is 2.59. The largest absolute Gasteiger partial charge is 0.348 e. The van der Waals surface area contributed by atoms with Crippen LogP contribution in [0.5, 0.6) is 0 Å². The van der Waals surface area contributed by atoms with Gasteiger partial charge in [0.05, 0.1) is 23.0 Å². The van der Waals surface area contributed by atoms with Crippen LogP contribution in [0.2, 0.25) is 10.0 Å². The van der Waals surface area contributed by atoms with E-state index in [4.69, 9.17) is 23.2 Å². The number of carbonyl (C=O) groups excluding carboxylic acids is 1. The first-order valence-corrected chi connectivity index (χ1v) is 11.5. The zero-order valence-electron chi connectivity index (χ0n) is 16.0. The minimum Gasteiger partial charge on any atom is -0.348 e. The van der Waals surface area contributed by atoms with E-state index in [9.17, 15) is 13.2 Å². The number of nitrogens with zero attached hydrogens (tertiary/aromatic N) is 1. The molecule has 2 aromatic rings. The molecule has 2 rings (SSSR count). The van der Waals surface area contributed by atoms with E-state index in [1.807, 2.05) is 30.3 Å². The number of rotatable bonds is 8. The second-order valence-electron chi connectivity index (χ2n) is 7.03. The topological polar surface area (TPSA) is 66.5 Å². The highest BCUT2D eigenvalue weighted by Crippen LogP contribution is 2.30. The Morgan fingerprint density at radius 1 is 1.11 bits per heavy atom. The molecule has 5 nitrogen and oxygen atoms in total. The fraction of sp³-hybridized carbons (Fsp3) is 0.350. The molecule has 0 aliphatic carbocycles. The summed E-state index contributed by atoms with van der Waals surface area (Å²) in [5, 5.41) is 3.50. The van der Waals surface area contributed by atoms with E-state index >= 15 is 0 Å². The Kier molecular flexibility index (Phi) is 7.75. The second kappa shape index (κ2) is 9.63. The van der Waals surface area contributed by atoms with E-state index in [1.165, 1.54) is 18.2 Å². The van der Waals surface area contributed by atoms with E-state index < -0.39 is 15.9 Å². The molecule has 0 heterocycles. The first-order chi connectivity index (χ1) is 13.1. The van der Waals surface area contributed by atoms with Crippen LogP contribution in [0.25, 0.3) is 0 Å². The van der Waals surface area contributed by atoms with Crippen LogP contribution in [0.15, 0.2) is 48.5 Å². The quantitative estimate of drug-likeness (QED) is 0.645. The van der Waals surface area contributed by atoms with Crippen molar-refractivity contribution in [2.45, 2.75) is 26.3 Å². The molecule has 28 heavy (non-hydrogen) atoms. The van der Waals surface area contributed by atoms with Gasteiger partial charge in [-0.2, -0.15) is 0 Å². The lowest BCUT2D eigenvalue weighted by molar-refractivity contribution is -0.120. The SMILES string of the molecule is CC(C)C[C@@H](NC(=O)CN(c1ccc(Cl)cc1Cl)S(C)(=O)=O)c1ccccc1. The molecule has 0 saturated heterocycles. The van der Waals surface area contributed by atoms with Gasteiger partial charge in [0.25, 0.3) is 0 Å². The van der Waals surface area contributed by atoms with Crippen LogP contribution >= 0.6 is 23.2 Å². The van der Waals surface area contributed by atoms with E-state index in [-0.39, 0.29) is 23.3 Å². The van der Waals surface area contributed by atoms with E-state index in [0.29, 0.717) is 10.9 Å². The molecular formula is C20H24Cl2N2O3S. The maximum atomic E-state index is 12.7. The molecule has 0 aliphatic heterocycles. The molecule has 0 fully saturated rings. The van der Waals surface area contributed by atoms with Gasteiger partial charge in [-0.3, -0.25) is 9.10 Å². The van der Waals surface area contributed by atoms with Crippen molar-refractivity contribution >= 4 is 44.8 Å². The zero-order valence-corrected chi connectivity index (χ0v) is 18.4. The van der Waals surface area contributed by atoms with Gasteiger partial charge in [0.1, 0.15) is 6.54 Å². The number of hydrogen-bond acceptors (Lipinski definition) is 3. The van der Waals surface area contributed by atoms with Gasteiger partial charge in [-0.05, 0) is 36.1 Å². The standard InChI is InChI=1S/C20H24Cl2N2O3S/c1-14(2)11-18(15-7-5-4-6-8-15)23-20(25)13-24(28(3,26)27)19-10-9-16(21)12-17(19)22/h4-10,12,14,18H,11,13H2,1-3H3,(H,23,25)/t18-/m1/s1. The van der Waals surface area contributed by atoms with Gasteiger partial charge >= 0.3 is 0 Å². The zero-order chi connectivity index (χ0) is 20.9. The van der Waals surface area contributed by atoms with E-state index in [0.717, 1.165) is 22.5 Å². The Balaban J connectivity index is 2.25. The number of amides is 1. The highest BCUT2D eigenvalue weighted by atomic mass is 35.5. The summed E-state index contributed by atoms with van der Waals surface area (Å²) in [6.45, 7) is 3.76. The lowest BCUT2D eigenvalue weighted by atomic mass is 9.97. The minimum atomic E-state index is -3.73. The molecule has 0 saturated carbocycles. The first-order valence-electron chi connectivity index (χ1n) is 8.85. The van der Waals surface area contributed by atoms with Crippen molar-refractivity contribution in [3.8, 4) is 0 Å². The van der Waals surface area contributed by atoms with Gasteiger partial charge in [0, 0.05) is 5.02 Å². The molecule has 1 N–H and O–H groups in total. The third kappa shape index (κ3) is 6.40. The molecule has 0 aliphatic rings. The normalized spacial score (nSPS) is 12.6. The first kappa shape index (κ1) is 22.5. The summed E-state index contributed by atoms with van der Waals surface area (Å²) in [4.78, 5) is 12.7. The van der Waals surface area contributed by atoms with E-state index in [1.54, 1.807) is 0 Å². The smallest absolute Gasteiger partial charge is 0.241 e. The van der Waals surface area contributed by atoms with Gasteiger partial charge < -0.3 is 5.32 Å². The second-order valence-corrected chi connectivity index (χ2v) is 9.78. The summed E-state index contributed by atoms with van der Waals surface area (Å²) < 4.78 is 25.6. The van der Waals surface area contributed by atoms with Crippen LogP contribution in [-0.2, 0) is 14.8 Å². The number of benzene rings is 2. The van der Waals surface area contributed by atoms with Gasteiger partial charge in [0.2, 0.25) is 15.9 Å². The molecule has 0 radical (unpaired) electrons. The Hall–Kier alpha value is -1.76. The lowest BCUT2D eigenvalue weighted by Gasteiger charge is -2.26. The molecule has 1 atom stereocenters. The molecule has 0 bridgehead atoms. The van der Waals surface area contributed by atoms with Crippen molar-refractivity contribution < 1.29 is 13.2 Å². The van der Waals surface area contributed by atoms with Crippen LogP contribution in [0, 0.1) is 5.92 Å². The number of nitrogens with one attached hydrogen (secondary N) is 1. The summed E-state index contributed by atoms with van der Waals surface area (Å²) in [5.41, 5.74) is 1.18. The van der Waals surface area contributed by atoms with Crippen molar-refractivity contribution in [1.29, 1.82) is 0 Å². The van der Waals surface area contributed by atoms with Crippen LogP contribution in [0.3, 0.4) is 0 Å². The van der Waals surface area contributed by atoms with Gasteiger partial charge in [-0.25, -0.2) is 8.42 Å². The summed E-state index contributed by atoms with van der Waals surface area (Å²) in [5.74, 6) is -0.0619. The minimum absolute atomic E-state index is 0.160. The molecule has 8 heteroatoms. The maximum Gasteiger partial charge on any atom is 0.241 e. The van der Waals surface area contributed by atoms with Crippen molar-refractivity contribution in [1.82, 2.24) is 5.32 Å². The van der Waals surface area contributed by atoms with Gasteiger partial charge in [-0.1, -0.05) is 67.4 Å². The van der Waals surface area contributed by atoms with Crippen molar-refractivity contribution in [2.75, 3.05) is 17.1 Å². The van der Waals surface area contributed by atoms with Crippen molar-refractivity contribution in [3.05, 3.63) is 64.1 Å². The van der Waals surface area contributed by atoms with Crippen LogP contribution < -0.4 is 9.62 Å². The molecule has 152 valence electrons. The summed E-state index contributed by atoms with van der Waals surface area (Å²) >= 11 is 12.1. The number of carbonyl (C=O) groups is 1. The number of halogens is 2. The molecule has 0 unspecified atom stereocenters. The van der Waals surface area contributed by atoms with Crippen LogP contribution in [-0.4, -0.2) is 27.1 Å². The summed E-state index contributed by atoms with van der Waals surface area (Å²) in [6.07, 6.45) is 1.77. The predicted molar refractivity (Wildman–Crippen MR) is 115 cm³/mol. The summed E-state index contributed by atoms with van der Waals surface area (Å²) in [6, 6.07) is 13.9. The molecule has 0 aromatic heterocycles. The Labute approximate surface area is 176 Å². The van der Waals surface area contributed by atoms with Crippen molar-refractivity contribution in [3.63, 3.8) is 0 Å². The number of sulfonamides is 1. The number of hydrogen-bond donors (Lipinski definition) is 1. The van der Waals surface area contributed by atoms with E-state index in [2.05, 4.69) is 19.2 Å². The Morgan fingerprint density at radius 2 is 1.75 bits per heavy atom. The third-order valence-corrected chi connectivity index (χ3v) is 5.77. The Morgan fingerprint density at radius 3 is 2.29 bits per heavy atom. The van der Waals surface area contributed by atoms with Crippen LogP contribution in [0.1, 0.15) is 31.9 Å². The van der Waals surface area contributed by atoms with Gasteiger partial charge in [-0.15, -0.1) is 0 Å². The fourth-order valence-corrected chi connectivity index (χ4v) is 4.30. The monoisotopic (exact) mass is 442 g/mol. The highest BCUT2D eigenvalue weighted by molar-refractivity contribution is 7.92. The highest BCUT2D eigenvalue weighted by Gasteiger charge is 2.25. The number of anilines is 1. The molecular weight excluding hydrogens is 419 g/mol. The molecule has 0 spiro atoms. The van der Waals surface area contributed by atoms with Gasteiger partial charge in [0.15, 0.2) is 0 Å². The van der Waals surface area contributed by atoms with Crippen molar-refractivity contribution in [2.24, 2.45) is 5.92 Å². The van der Waals surface area contributed by atoms with Crippen LogP contribution in [0.4, 0.5) is 5.69 Å². The Bertz CT molecular complexity index is 918.